The summed E-state index contributed by atoms with van der Waals surface area (Å²) in [5.74, 6) is 0.264. The second-order valence-corrected chi connectivity index (χ2v) is 5.78. The molecule has 1 saturated heterocycles. The highest BCUT2D eigenvalue weighted by atomic mass is 16.3. The van der Waals surface area contributed by atoms with Gasteiger partial charge < -0.3 is 14.2 Å². The molecule has 1 aromatic heterocycles. The maximum absolute atomic E-state index is 12.6. The molecule has 2 amide bonds. The van der Waals surface area contributed by atoms with Crippen molar-refractivity contribution in [1.82, 2.24) is 9.80 Å². The van der Waals surface area contributed by atoms with Crippen LogP contribution in [-0.4, -0.2) is 47.8 Å². The van der Waals surface area contributed by atoms with Gasteiger partial charge in [-0.25, -0.2) is 0 Å². The molecule has 5 heteroatoms. The summed E-state index contributed by atoms with van der Waals surface area (Å²) in [5, 5.41) is 0. The number of furan rings is 1. The lowest BCUT2D eigenvalue weighted by atomic mass is 10.1. The van der Waals surface area contributed by atoms with Crippen molar-refractivity contribution < 1.29 is 14.0 Å². The predicted octanol–water partition coefficient (Wildman–Crippen LogP) is 2.58. The van der Waals surface area contributed by atoms with Crippen molar-refractivity contribution in [3.05, 3.63) is 59.5 Å². The lowest BCUT2D eigenvalue weighted by Gasteiger charge is -2.21. The molecule has 0 bridgehead atoms. The van der Waals surface area contributed by atoms with Crippen molar-refractivity contribution in [3.63, 3.8) is 0 Å². The molecule has 0 aliphatic carbocycles. The molecule has 5 nitrogen and oxygen atoms in total. The number of aryl methyl sites for hydroxylation is 1. The van der Waals surface area contributed by atoms with E-state index in [0.717, 1.165) is 12.0 Å². The van der Waals surface area contributed by atoms with Crippen LogP contribution in [-0.2, 0) is 0 Å². The maximum atomic E-state index is 12.6. The molecule has 0 spiro atoms. The van der Waals surface area contributed by atoms with Crippen molar-refractivity contribution in [2.24, 2.45) is 0 Å². The number of nitrogens with zero attached hydrogens (tertiary/aromatic N) is 2. The highest BCUT2D eigenvalue weighted by Crippen LogP contribution is 2.13. The molecule has 23 heavy (non-hydrogen) atoms. The van der Waals surface area contributed by atoms with Gasteiger partial charge in [-0.15, -0.1) is 0 Å². The fourth-order valence-corrected chi connectivity index (χ4v) is 2.76. The number of benzene rings is 1. The van der Waals surface area contributed by atoms with E-state index in [-0.39, 0.29) is 11.8 Å². The van der Waals surface area contributed by atoms with E-state index in [9.17, 15) is 9.59 Å². The van der Waals surface area contributed by atoms with Crippen LogP contribution in [0.1, 0.15) is 32.9 Å². The van der Waals surface area contributed by atoms with Crippen LogP contribution in [0.3, 0.4) is 0 Å². The first-order valence-corrected chi connectivity index (χ1v) is 7.84. The first-order valence-electron chi connectivity index (χ1n) is 7.84. The van der Waals surface area contributed by atoms with Crippen molar-refractivity contribution in [3.8, 4) is 0 Å². The molecule has 0 saturated carbocycles. The molecule has 1 aliphatic heterocycles. The fraction of sp³-hybridized carbons (Fsp3) is 0.333. The largest absolute Gasteiger partial charge is 0.459 e. The average Bonchev–Trinajstić information content (AvgIpc) is 2.99. The van der Waals surface area contributed by atoms with Gasteiger partial charge in [-0.1, -0.05) is 17.7 Å². The smallest absolute Gasteiger partial charge is 0.289 e. The van der Waals surface area contributed by atoms with Gasteiger partial charge in [0.05, 0.1) is 6.26 Å². The summed E-state index contributed by atoms with van der Waals surface area (Å²) >= 11 is 0. The first-order chi connectivity index (χ1) is 11.1. The standard InChI is InChI=1S/C18H20N2O3/c1-14-5-7-15(8-6-14)17(21)19-9-3-10-20(12-11-19)18(22)16-4-2-13-23-16/h2,4-8,13H,3,9-12H2,1H3. The summed E-state index contributed by atoms with van der Waals surface area (Å²) in [6.07, 6.45) is 2.27. The van der Waals surface area contributed by atoms with E-state index < -0.39 is 0 Å². The van der Waals surface area contributed by atoms with Crippen molar-refractivity contribution in [1.29, 1.82) is 0 Å². The van der Waals surface area contributed by atoms with E-state index in [2.05, 4.69) is 0 Å². The van der Waals surface area contributed by atoms with Crippen molar-refractivity contribution in [2.45, 2.75) is 13.3 Å². The fourth-order valence-electron chi connectivity index (χ4n) is 2.76. The van der Waals surface area contributed by atoms with E-state index in [4.69, 9.17) is 4.42 Å². The van der Waals surface area contributed by atoms with Crippen LogP contribution in [0.15, 0.2) is 47.1 Å². The number of hydrogen-bond acceptors (Lipinski definition) is 3. The van der Waals surface area contributed by atoms with E-state index in [1.165, 1.54) is 6.26 Å². The van der Waals surface area contributed by atoms with Crippen molar-refractivity contribution >= 4 is 11.8 Å². The Morgan fingerprint density at radius 2 is 1.57 bits per heavy atom. The molecule has 2 heterocycles. The molecular formula is C18H20N2O3. The normalized spacial score (nSPS) is 15.3. The average molecular weight is 312 g/mol. The second kappa shape index (κ2) is 6.69. The van der Waals surface area contributed by atoms with Crippen LogP contribution in [0, 0.1) is 6.92 Å². The summed E-state index contributed by atoms with van der Waals surface area (Å²) in [7, 11) is 0. The third-order valence-electron chi connectivity index (χ3n) is 4.10. The van der Waals surface area contributed by atoms with Gasteiger partial charge in [0.25, 0.3) is 11.8 Å². The van der Waals surface area contributed by atoms with Gasteiger partial charge in [-0.3, -0.25) is 9.59 Å². The number of carbonyl (C=O) groups is 2. The van der Waals surface area contributed by atoms with Crippen LogP contribution in [0.2, 0.25) is 0 Å². The number of rotatable bonds is 2. The van der Waals surface area contributed by atoms with Gasteiger partial charge in [0.2, 0.25) is 0 Å². The van der Waals surface area contributed by atoms with Gasteiger partial charge in [-0.2, -0.15) is 0 Å². The zero-order valence-electron chi connectivity index (χ0n) is 13.2. The summed E-state index contributed by atoms with van der Waals surface area (Å²) in [6.45, 7) is 4.36. The zero-order chi connectivity index (χ0) is 16.2. The third-order valence-corrected chi connectivity index (χ3v) is 4.10. The molecule has 0 unspecified atom stereocenters. The Labute approximate surface area is 135 Å². The van der Waals surface area contributed by atoms with Gasteiger partial charge in [0.1, 0.15) is 0 Å². The second-order valence-electron chi connectivity index (χ2n) is 5.78. The van der Waals surface area contributed by atoms with Crippen LogP contribution < -0.4 is 0 Å². The maximum Gasteiger partial charge on any atom is 0.289 e. The molecule has 3 rings (SSSR count). The molecule has 0 radical (unpaired) electrons. The zero-order valence-corrected chi connectivity index (χ0v) is 13.2. The molecule has 1 aromatic carbocycles. The lowest BCUT2D eigenvalue weighted by molar-refractivity contribution is 0.0700. The Balaban J connectivity index is 1.65. The van der Waals surface area contributed by atoms with Crippen LogP contribution in [0.5, 0.6) is 0 Å². The molecule has 120 valence electrons. The predicted molar refractivity (Wildman–Crippen MR) is 86.3 cm³/mol. The summed E-state index contributed by atoms with van der Waals surface area (Å²) in [5.41, 5.74) is 1.83. The third kappa shape index (κ3) is 3.44. The molecule has 1 fully saturated rings. The monoisotopic (exact) mass is 312 g/mol. The van der Waals surface area contributed by atoms with E-state index in [0.29, 0.717) is 37.5 Å². The quantitative estimate of drug-likeness (QED) is 0.856. The lowest BCUT2D eigenvalue weighted by Crippen LogP contribution is -2.37. The molecule has 1 aliphatic rings. The molecule has 0 N–H and O–H groups in total. The number of hydrogen-bond donors (Lipinski definition) is 0. The Bertz CT molecular complexity index is 677. The highest BCUT2D eigenvalue weighted by Gasteiger charge is 2.24. The van der Waals surface area contributed by atoms with E-state index in [1.54, 1.807) is 17.0 Å². The van der Waals surface area contributed by atoms with Gasteiger partial charge in [0, 0.05) is 31.7 Å². The highest BCUT2D eigenvalue weighted by molar-refractivity contribution is 5.94. The SMILES string of the molecule is Cc1ccc(C(=O)N2CCCN(C(=O)c3ccco3)CC2)cc1. The van der Waals surface area contributed by atoms with Crippen LogP contribution >= 0.6 is 0 Å². The molecule has 2 aromatic rings. The summed E-state index contributed by atoms with van der Waals surface area (Å²) in [6, 6.07) is 11.0. The number of carbonyl (C=O) groups excluding carboxylic acids is 2. The van der Waals surface area contributed by atoms with Crippen LogP contribution in [0.25, 0.3) is 0 Å². The Hall–Kier alpha value is -2.56. The number of amides is 2. The van der Waals surface area contributed by atoms with E-state index >= 15 is 0 Å². The minimum absolute atomic E-state index is 0.0253. The van der Waals surface area contributed by atoms with E-state index in [1.807, 2.05) is 36.1 Å². The van der Waals surface area contributed by atoms with Crippen LogP contribution in [0.4, 0.5) is 0 Å². The Morgan fingerprint density at radius 1 is 0.913 bits per heavy atom. The Morgan fingerprint density at radius 3 is 2.17 bits per heavy atom. The Kier molecular flexibility index (Phi) is 4.46. The minimum Gasteiger partial charge on any atom is -0.459 e. The summed E-state index contributed by atoms with van der Waals surface area (Å²) in [4.78, 5) is 28.5. The molecule has 0 atom stereocenters. The topological polar surface area (TPSA) is 53.8 Å². The molecular weight excluding hydrogens is 292 g/mol. The van der Waals surface area contributed by atoms with Gasteiger partial charge >= 0.3 is 0 Å². The first kappa shape index (κ1) is 15.3. The van der Waals surface area contributed by atoms with Gasteiger partial charge in [0.15, 0.2) is 5.76 Å². The minimum atomic E-state index is -0.111. The van der Waals surface area contributed by atoms with Gasteiger partial charge in [-0.05, 0) is 37.6 Å². The summed E-state index contributed by atoms with van der Waals surface area (Å²) < 4.78 is 5.17. The van der Waals surface area contributed by atoms with Crippen molar-refractivity contribution in [2.75, 3.05) is 26.2 Å².